The Morgan fingerprint density at radius 1 is 0.897 bits per heavy atom. The maximum Gasteiger partial charge on any atom is 0.259 e. The zero-order valence-corrected chi connectivity index (χ0v) is 21.8. The number of anilines is 1. The molecule has 0 fully saturated rings. The Morgan fingerprint density at radius 3 is 2.33 bits per heavy atom. The summed E-state index contributed by atoms with van der Waals surface area (Å²) in [5.41, 5.74) is 2.82. The van der Waals surface area contributed by atoms with Gasteiger partial charge in [-0.2, -0.15) is 0 Å². The van der Waals surface area contributed by atoms with Gasteiger partial charge in [0.15, 0.2) is 0 Å². The number of hydrogen-bond donors (Lipinski definition) is 1. The molecule has 0 radical (unpaired) electrons. The highest BCUT2D eigenvalue weighted by atomic mass is 19.1. The summed E-state index contributed by atoms with van der Waals surface area (Å²) in [6.07, 6.45) is 1.05. The number of nitrogens with zero attached hydrogens (tertiary/aromatic N) is 2. The molecule has 0 saturated carbocycles. The lowest BCUT2D eigenvalue weighted by atomic mass is 10.0. The molecule has 0 saturated heterocycles. The van der Waals surface area contributed by atoms with Gasteiger partial charge in [0.2, 0.25) is 11.8 Å². The van der Waals surface area contributed by atoms with E-state index in [9.17, 15) is 18.8 Å². The smallest absolute Gasteiger partial charge is 0.259 e. The Balaban J connectivity index is 1.50. The highest BCUT2D eigenvalue weighted by Crippen LogP contribution is 2.37. The summed E-state index contributed by atoms with van der Waals surface area (Å²) in [5.74, 6) is -1.27. The third kappa shape index (κ3) is 5.53. The highest BCUT2D eigenvalue weighted by molar-refractivity contribution is 6.26. The monoisotopic (exact) mass is 523 g/mol. The minimum absolute atomic E-state index is 0.0926. The SMILES string of the molecule is CCCNC(=O)[C@H](Cc1ccccc1)N(Cc1ccc(F)cc1)C(=O)CN1C(=O)c2cccc3cccc1c23. The van der Waals surface area contributed by atoms with E-state index in [1.807, 2.05) is 67.6 Å². The Labute approximate surface area is 227 Å². The summed E-state index contributed by atoms with van der Waals surface area (Å²) >= 11 is 0. The molecule has 0 aromatic heterocycles. The number of hydrogen-bond acceptors (Lipinski definition) is 3. The minimum Gasteiger partial charge on any atom is -0.354 e. The Morgan fingerprint density at radius 2 is 1.62 bits per heavy atom. The second kappa shape index (κ2) is 11.5. The van der Waals surface area contributed by atoms with E-state index in [4.69, 9.17) is 0 Å². The van der Waals surface area contributed by atoms with Crippen LogP contribution in [0, 0.1) is 5.82 Å². The minimum atomic E-state index is -0.827. The van der Waals surface area contributed by atoms with Crippen molar-refractivity contribution >= 4 is 34.2 Å². The second-order valence-electron chi connectivity index (χ2n) is 9.72. The van der Waals surface area contributed by atoms with Crippen LogP contribution in [0.2, 0.25) is 0 Å². The van der Waals surface area contributed by atoms with Gasteiger partial charge in [0.1, 0.15) is 18.4 Å². The number of amides is 3. The second-order valence-corrected chi connectivity index (χ2v) is 9.72. The number of carbonyl (C=O) groups excluding carboxylic acids is 3. The largest absolute Gasteiger partial charge is 0.354 e. The molecule has 4 aromatic carbocycles. The quantitative estimate of drug-likeness (QED) is 0.314. The first-order valence-corrected chi connectivity index (χ1v) is 13.2. The average Bonchev–Trinajstić information content (AvgIpc) is 3.23. The molecule has 1 N–H and O–H groups in total. The van der Waals surface area contributed by atoms with Gasteiger partial charge >= 0.3 is 0 Å². The summed E-state index contributed by atoms with van der Waals surface area (Å²) in [6, 6.07) is 25.8. The van der Waals surface area contributed by atoms with Gasteiger partial charge < -0.3 is 10.2 Å². The lowest BCUT2D eigenvalue weighted by Gasteiger charge is -2.33. The molecule has 1 heterocycles. The average molecular weight is 524 g/mol. The zero-order valence-electron chi connectivity index (χ0n) is 21.8. The fraction of sp³-hybridized carbons (Fsp3) is 0.219. The van der Waals surface area contributed by atoms with E-state index in [1.54, 1.807) is 18.2 Å². The zero-order chi connectivity index (χ0) is 27.4. The van der Waals surface area contributed by atoms with Crippen LogP contribution in [0.4, 0.5) is 10.1 Å². The van der Waals surface area contributed by atoms with E-state index in [2.05, 4.69) is 5.32 Å². The van der Waals surface area contributed by atoms with E-state index in [0.29, 0.717) is 29.8 Å². The first-order chi connectivity index (χ1) is 19.0. The highest BCUT2D eigenvalue weighted by Gasteiger charge is 2.35. The molecule has 6 nitrogen and oxygen atoms in total. The number of rotatable bonds is 10. The van der Waals surface area contributed by atoms with Crippen LogP contribution in [-0.4, -0.2) is 41.8 Å². The lowest BCUT2D eigenvalue weighted by molar-refractivity contribution is -0.140. The molecule has 0 bridgehead atoms. The molecule has 1 aliphatic heterocycles. The maximum atomic E-state index is 14.1. The normalized spacial score (nSPS) is 13.0. The van der Waals surface area contributed by atoms with Crippen LogP contribution in [0.3, 0.4) is 0 Å². The molecular weight excluding hydrogens is 493 g/mol. The van der Waals surface area contributed by atoms with Crippen LogP contribution in [-0.2, 0) is 22.6 Å². The Hall–Kier alpha value is -4.52. The van der Waals surface area contributed by atoms with Crippen molar-refractivity contribution in [2.75, 3.05) is 18.0 Å². The molecule has 0 unspecified atom stereocenters. The predicted molar refractivity (Wildman–Crippen MR) is 150 cm³/mol. The van der Waals surface area contributed by atoms with E-state index in [1.165, 1.54) is 21.9 Å². The van der Waals surface area contributed by atoms with Crippen LogP contribution in [0.5, 0.6) is 0 Å². The summed E-state index contributed by atoms with van der Waals surface area (Å²) in [5, 5.41) is 4.69. The number of nitrogens with one attached hydrogen (secondary N) is 1. The molecule has 7 heteroatoms. The standard InChI is InChI=1S/C32H30FN3O3/c1-2-18-34-31(38)28(19-22-8-4-3-5-9-22)35(20-23-14-16-25(33)17-15-23)29(37)21-36-27-13-7-11-24-10-6-12-26(30(24)27)32(36)39/h3-17,28H,2,18-21H2,1H3,(H,34,38)/t28-/m0/s1. The van der Waals surface area contributed by atoms with Crippen molar-refractivity contribution in [2.24, 2.45) is 0 Å². The lowest BCUT2D eigenvalue weighted by Crippen LogP contribution is -2.53. The van der Waals surface area contributed by atoms with Gasteiger partial charge in [-0.15, -0.1) is 0 Å². The maximum absolute atomic E-state index is 14.1. The van der Waals surface area contributed by atoms with Gasteiger partial charge in [-0.1, -0.05) is 73.7 Å². The van der Waals surface area contributed by atoms with E-state index in [-0.39, 0.29) is 36.6 Å². The van der Waals surface area contributed by atoms with Gasteiger partial charge in [0, 0.05) is 30.5 Å². The number of carbonyl (C=O) groups is 3. The summed E-state index contributed by atoms with van der Waals surface area (Å²) in [6.45, 7) is 2.31. The third-order valence-electron chi connectivity index (χ3n) is 7.03. The number of benzene rings is 4. The molecule has 4 aromatic rings. The Kier molecular flexibility index (Phi) is 7.68. The van der Waals surface area contributed by atoms with Crippen molar-refractivity contribution in [3.05, 3.63) is 114 Å². The van der Waals surface area contributed by atoms with Crippen LogP contribution in [0.25, 0.3) is 10.8 Å². The van der Waals surface area contributed by atoms with Gasteiger partial charge in [0.25, 0.3) is 5.91 Å². The molecular formula is C32H30FN3O3. The van der Waals surface area contributed by atoms with Crippen LogP contribution >= 0.6 is 0 Å². The van der Waals surface area contributed by atoms with Crippen molar-refractivity contribution in [2.45, 2.75) is 32.4 Å². The first-order valence-electron chi connectivity index (χ1n) is 13.2. The van der Waals surface area contributed by atoms with Crippen molar-refractivity contribution in [3.8, 4) is 0 Å². The van der Waals surface area contributed by atoms with Crippen molar-refractivity contribution < 1.29 is 18.8 Å². The molecule has 39 heavy (non-hydrogen) atoms. The van der Waals surface area contributed by atoms with E-state index < -0.39 is 6.04 Å². The van der Waals surface area contributed by atoms with Crippen molar-refractivity contribution in [3.63, 3.8) is 0 Å². The van der Waals surface area contributed by atoms with E-state index in [0.717, 1.165) is 22.8 Å². The van der Waals surface area contributed by atoms with Gasteiger partial charge in [0.05, 0.1) is 5.69 Å². The summed E-state index contributed by atoms with van der Waals surface area (Å²) < 4.78 is 13.7. The third-order valence-corrected chi connectivity index (χ3v) is 7.03. The molecule has 0 spiro atoms. The molecule has 3 amide bonds. The Bertz CT molecular complexity index is 1500. The van der Waals surface area contributed by atoms with Crippen molar-refractivity contribution in [1.82, 2.24) is 10.2 Å². The molecule has 198 valence electrons. The van der Waals surface area contributed by atoms with Crippen LogP contribution in [0.1, 0.15) is 34.8 Å². The van der Waals surface area contributed by atoms with Crippen LogP contribution in [0.15, 0.2) is 91.0 Å². The molecule has 0 aliphatic carbocycles. The van der Waals surface area contributed by atoms with Crippen LogP contribution < -0.4 is 10.2 Å². The number of halogens is 1. The predicted octanol–water partition coefficient (Wildman–Crippen LogP) is 5.11. The fourth-order valence-corrected chi connectivity index (χ4v) is 5.07. The van der Waals surface area contributed by atoms with Gasteiger partial charge in [-0.05, 0) is 47.2 Å². The molecule has 1 atom stereocenters. The molecule has 1 aliphatic rings. The summed E-state index contributed by atoms with van der Waals surface area (Å²) in [4.78, 5) is 44.0. The fourth-order valence-electron chi connectivity index (χ4n) is 5.07. The molecule has 5 rings (SSSR count). The van der Waals surface area contributed by atoms with Gasteiger partial charge in [-0.25, -0.2) is 4.39 Å². The first kappa shape index (κ1) is 26.1. The van der Waals surface area contributed by atoms with E-state index >= 15 is 0 Å². The van der Waals surface area contributed by atoms with Gasteiger partial charge in [-0.3, -0.25) is 19.3 Å². The van der Waals surface area contributed by atoms with Crippen molar-refractivity contribution in [1.29, 1.82) is 0 Å². The summed E-state index contributed by atoms with van der Waals surface area (Å²) in [7, 11) is 0. The topological polar surface area (TPSA) is 69.7 Å².